The number of benzene rings is 2. The van der Waals surface area contributed by atoms with Crippen LogP contribution in [0.1, 0.15) is 16.8 Å². The first-order chi connectivity index (χ1) is 13.5. The summed E-state index contributed by atoms with van der Waals surface area (Å²) in [5.74, 6) is -1.03. The van der Waals surface area contributed by atoms with E-state index in [1.807, 2.05) is 30.3 Å². The van der Waals surface area contributed by atoms with E-state index in [1.165, 1.54) is 6.07 Å². The van der Waals surface area contributed by atoms with Crippen molar-refractivity contribution in [2.45, 2.75) is 6.42 Å². The number of nitrogens with zero attached hydrogens (tertiary/aromatic N) is 1. The number of amides is 3. The zero-order valence-electron chi connectivity index (χ0n) is 15.0. The third-order valence-corrected chi connectivity index (χ3v) is 5.00. The minimum Gasteiger partial charge on any atom is -0.354 e. The molecule has 1 heterocycles. The number of halogens is 2. The highest BCUT2D eigenvalue weighted by atomic mass is 35.5. The molecule has 3 rings (SSSR count). The van der Waals surface area contributed by atoms with Gasteiger partial charge in [0.2, 0.25) is 11.8 Å². The Morgan fingerprint density at radius 3 is 2.46 bits per heavy atom. The molecule has 0 unspecified atom stereocenters. The van der Waals surface area contributed by atoms with Crippen LogP contribution in [0.15, 0.2) is 48.5 Å². The molecule has 1 atom stereocenters. The van der Waals surface area contributed by atoms with Gasteiger partial charge in [-0.05, 0) is 30.3 Å². The van der Waals surface area contributed by atoms with Crippen LogP contribution in [0.3, 0.4) is 0 Å². The molecule has 1 aliphatic heterocycles. The molecule has 2 aromatic carbocycles. The molecular weight excluding hydrogens is 401 g/mol. The fraction of sp³-hybridized carbons (Fsp3) is 0.250. The van der Waals surface area contributed by atoms with E-state index in [1.54, 1.807) is 17.0 Å². The van der Waals surface area contributed by atoms with Crippen molar-refractivity contribution in [1.82, 2.24) is 10.6 Å². The molecule has 2 aromatic rings. The molecule has 2 N–H and O–H groups in total. The van der Waals surface area contributed by atoms with Crippen molar-refractivity contribution in [3.8, 4) is 0 Å². The lowest BCUT2D eigenvalue weighted by atomic mass is 10.1. The summed E-state index contributed by atoms with van der Waals surface area (Å²) in [6.45, 7) is 0.847. The molecule has 28 heavy (non-hydrogen) atoms. The van der Waals surface area contributed by atoms with Crippen LogP contribution in [0, 0.1) is 5.92 Å². The summed E-state index contributed by atoms with van der Waals surface area (Å²) in [4.78, 5) is 38.3. The smallest absolute Gasteiger partial charge is 0.252 e. The molecule has 6 nitrogen and oxygen atoms in total. The lowest BCUT2D eigenvalue weighted by molar-refractivity contribution is -0.126. The maximum Gasteiger partial charge on any atom is 0.252 e. The predicted octanol–water partition coefficient (Wildman–Crippen LogP) is 2.89. The monoisotopic (exact) mass is 419 g/mol. The molecule has 3 amide bonds. The Balaban J connectivity index is 1.45. The second-order valence-electron chi connectivity index (χ2n) is 6.41. The maximum atomic E-state index is 12.3. The molecule has 1 fully saturated rings. The number of hydrogen-bond acceptors (Lipinski definition) is 3. The van der Waals surface area contributed by atoms with Gasteiger partial charge < -0.3 is 15.5 Å². The van der Waals surface area contributed by atoms with Gasteiger partial charge in [0.15, 0.2) is 0 Å². The van der Waals surface area contributed by atoms with Gasteiger partial charge in [-0.2, -0.15) is 0 Å². The van der Waals surface area contributed by atoms with Gasteiger partial charge in [0.1, 0.15) is 0 Å². The standard InChI is InChI=1S/C20H19Cl2N3O3/c21-14-6-7-16(17(22)11-14)20(28)24-9-8-23-19(27)13-10-18(26)25(12-13)15-4-2-1-3-5-15/h1-7,11,13H,8-10,12H2,(H,23,27)(H,24,28)/t13-/m0/s1. The van der Waals surface area contributed by atoms with E-state index in [4.69, 9.17) is 23.2 Å². The highest BCUT2D eigenvalue weighted by Gasteiger charge is 2.34. The SMILES string of the molecule is O=C(NCCNC(=O)[C@H]1CC(=O)N(c2ccccc2)C1)c1ccc(Cl)cc1Cl. The average molecular weight is 420 g/mol. The van der Waals surface area contributed by atoms with Crippen LogP contribution in [0.2, 0.25) is 10.0 Å². The van der Waals surface area contributed by atoms with Crippen molar-refractivity contribution >= 4 is 46.6 Å². The van der Waals surface area contributed by atoms with Crippen LogP contribution in [0.25, 0.3) is 0 Å². The summed E-state index contributed by atoms with van der Waals surface area (Å²) in [5, 5.41) is 6.16. The van der Waals surface area contributed by atoms with Gasteiger partial charge in [0.05, 0.1) is 16.5 Å². The van der Waals surface area contributed by atoms with Crippen LogP contribution in [0.4, 0.5) is 5.69 Å². The van der Waals surface area contributed by atoms with Crippen molar-refractivity contribution in [1.29, 1.82) is 0 Å². The number of carbonyl (C=O) groups is 3. The third-order valence-electron chi connectivity index (χ3n) is 4.45. The van der Waals surface area contributed by atoms with Gasteiger partial charge in [-0.25, -0.2) is 0 Å². The molecule has 0 aromatic heterocycles. The van der Waals surface area contributed by atoms with Gasteiger partial charge in [-0.1, -0.05) is 41.4 Å². The molecule has 1 saturated heterocycles. The van der Waals surface area contributed by atoms with E-state index in [0.29, 0.717) is 17.1 Å². The lowest BCUT2D eigenvalue weighted by Crippen LogP contribution is -2.38. The van der Waals surface area contributed by atoms with Crippen LogP contribution >= 0.6 is 23.2 Å². The van der Waals surface area contributed by atoms with E-state index < -0.39 is 5.92 Å². The van der Waals surface area contributed by atoms with Gasteiger partial charge >= 0.3 is 0 Å². The minimum absolute atomic E-state index is 0.0722. The van der Waals surface area contributed by atoms with Crippen molar-refractivity contribution < 1.29 is 14.4 Å². The summed E-state index contributed by atoms with van der Waals surface area (Å²) in [5.41, 5.74) is 1.10. The Kier molecular flexibility index (Phi) is 6.54. The molecular formula is C20H19Cl2N3O3. The predicted molar refractivity (Wildman–Crippen MR) is 109 cm³/mol. The van der Waals surface area contributed by atoms with Crippen molar-refractivity contribution in [2.24, 2.45) is 5.92 Å². The number of para-hydroxylation sites is 1. The molecule has 1 aliphatic rings. The Labute approximate surface area is 172 Å². The van der Waals surface area contributed by atoms with Gasteiger partial charge in [-0.3, -0.25) is 14.4 Å². The van der Waals surface area contributed by atoms with E-state index >= 15 is 0 Å². The normalized spacial score (nSPS) is 16.1. The molecule has 0 aliphatic carbocycles. The number of carbonyl (C=O) groups excluding carboxylic acids is 3. The summed E-state index contributed by atoms with van der Waals surface area (Å²) in [7, 11) is 0. The Hall–Kier alpha value is -2.57. The molecule has 0 saturated carbocycles. The summed E-state index contributed by atoms with van der Waals surface area (Å²) < 4.78 is 0. The largest absolute Gasteiger partial charge is 0.354 e. The number of rotatable bonds is 6. The first kappa shape index (κ1) is 20.2. The van der Waals surface area contributed by atoms with E-state index in [-0.39, 0.29) is 42.3 Å². The third kappa shape index (κ3) is 4.82. The van der Waals surface area contributed by atoms with E-state index in [9.17, 15) is 14.4 Å². The second kappa shape index (κ2) is 9.08. The fourth-order valence-corrected chi connectivity index (χ4v) is 3.51. The summed E-state index contributed by atoms with van der Waals surface area (Å²) >= 11 is 11.8. The molecule has 0 bridgehead atoms. The maximum absolute atomic E-state index is 12.3. The quantitative estimate of drug-likeness (QED) is 0.706. The van der Waals surface area contributed by atoms with E-state index in [2.05, 4.69) is 10.6 Å². The Bertz CT molecular complexity index is 890. The highest BCUT2D eigenvalue weighted by molar-refractivity contribution is 6.36. The molecule has 0 radical (unpaired) electrons. The van der Waals surface area contributed by atoms with Crippen LogP contribution in [0.5, 0.6) is 0 Å². The number of anilines is 1. The van der Waals surface area contributed by atoms with E-state index in [0.717, 1.165) is 5.69 Å². The van der Waals surface area contributed by atoms with Crippen molar-refractivity contribution in [3.05, 3.63) is 64.1 Å². The summed E-state index contributed by atoms with van der Waals surface area (Å²) in [6.07, 6.45) is 0.174. The molecule has 0 spiro atoms. The molecule has 146 valence electrons. The average Bonchev–Trinajstić information content (AvgIpc) is 3.07. The number of hydrogen-bond donors (Lipinski definition) is 2. The van der Waals surface area contributed by atoms with Gasteiger partial charge in [0, 0.05) is 36.8 Å². The van der Waals surface area contributed by atoms with Crippen LogP contribution < -0.4 is 15.5 Å². The zero-order valence-corrected chi connectivity index (χ0v) is 16.5. The topological polar surface area (TPSA) is 78.5 Å². The van der Waals surface area contributed by atoms with Gasteiger partial charge in [-0.15, -0.1) is 0 Å². The lowest BCUT2D eigenvalue weighted by Gasteiger charge is -2.16. The second-order valence-corrected chi connectivity index (χ2v) is 7.26. The minimum atomic E-state index is -0.408. The van der Waals surface area contributed by atoms with Crippen molar-refractivity contribution in [2.75, 3.05) is 24.5 Å². The molecule has 8 heteroatoms. The zero-order chi connectivity index (χ0) is 20.1. The first-order valence-corrected chi connectivity index (χ1v) is 9.57. The van der Waals surface area contributed by atoms with Crippen LogP contribution in [-0.4, -0.2) is 37.4 Å². The fourth-order valence-electron chi connectivity index (χ4n) is 3.02. The van der Waals surface area contributed by atoms with Gasteiger partial charge in [0.25, 0.3) is 5.91 Å². The summed E-state index contributed by atoms with van der Waals surface area (Å²) in [6, 6.07) is 13.9. The Morgan fingerprint density at radius 2 is 1.75 bits per heavy atom. The first-order valence-electron chi connectivity index (χ1n) is 8.82. The number of nitrogens with one attached hydrogen (secondary N) is 2. The highest BCUT2D eigenvalue weighted by Crippen LogP contribution is 2.25. The van der Waals surface area contributed by atoms with Crippen LogP contribution in [-0.2, 0) is 9.59 Å². The Morgan fingerprint density at radius 1 is 1.04 bits per heavy atom. The van der Waals surface area contributed by atoms with Crippen molar-refractivity contribution in [3.63, 3.8) is 0 Å².